The molecule has 4 rings (SSSR count). The van der Waals surface area contributed by atoms with Crippen LogP contribution >= 0.6 is 0 Å². The first-order chi connectivity index (χ1) is 9.93. The summed E-state index contributed by atoms with van der Waals surface area (Å²) in [6, 6.07) is 25.8. The van der Waals surface area contributed by atoms with E-state index >= 15 is 0 Å². The van der Waals surface area contributed by atoms with Crippen LogP contribution < -0.4 is 0 Å². The predicted molar refractivity (Wildman–Crippen MR) is 83.5 cm³/mol. The lowest BCUT2D eigenvalue weighted by atomic mass is 9.97. The second-order valence-electron chi connectivity index (χ2n) is 4.83. The highest BCUT2D eigenvalue weighted by atomic mass is 14.6. The van der Waals surface area contributed by atoms with Gasteiger partial charge in [-0.1, -0.05) is 60.7 Å². The number of nitrogens with zero attached hydrogens (tertiary/aromatic N) is 1. The number of pyridine rings is 1. The maximum absolute atomic E-state index is 4.59. The Morgan fingerprint density at radius 2 is 1.50 bits per heavy atom. The molecule has 0 atom stereocenters. The van der Waals surface area contributed by atoms with Crippen molar-refractivity contribution in [1.82, 2.24) is 4.98 Å². The van der Waals surface area contributed by atoms with Crippen molar-refractivity contribution in [2.75, 3.05) is 0 Å². The lowest BCUT2D eigenvalue weighted by molar-refractivity contribution is 1.44. The summed E-state index contributed by atoms with van der Waals surface area (Å²) < 4.78 is 0. The molecule has 1 aromatic heterocycles. The summed E-state index contributed by atoms with van der Waals surface area (Å²) in [5.41, 5.74) is 3.46. The minimum atomic E-state index is 1.04. The predicted octanol–water partition coefficient (Wildman–Crippen LogP) is 4.86. The SMILES string of the molecule is [c]1ccc(-c2cccc3c2cnc2ccccc23)cc1. The highest BCUT2D eigenvalue weighted by Crippen LogP contribution is 2.31. The Bertz CT molecular complexity index is 895. The van der Waals surface area contributed by atoms with Gasteiger partial charge in [0.1, 0.15) is 0 Å². The van der Waals surface area contributed by atoms with Crippen molar-refractivity contribution in [2.45, 2.75) is 0 Å². The van der Waals surface area contributed by atoms with Crippen LogP contribution in [0.4, 0.5) is 0 Å². The van der Waals surface area contributed by atoms with E-state index in [9.17, 15) is 0 Å². The number of benzene rings is 3. The van der Waals surface area contributed by atoms with E-state index in [1.807, 2.05) is 24.4 Å². The second kappa shape index (κ2) is 4.46. The topological polar surface area (TPSA) is 12.9 Å². The number of aromatic nitrogens is 1. The van der Waals surface area contributed by atoms with Crippen LogP contribution in [0, 0.1) is 6.07 Å². The Hall–Kier alpha value is -2.67. The van der Waals surface area contributed by atoms with Crippen molar-refractivity contribution in [2.24, 2.45) is 0 Å². The van der Waals surface area contributed by atoms with Crippen molar-refractivity contribution < 1.29 is 0 Å². The van der Waals surface area contributed by atoms with Crippen LogP contribution in [0.25, 0.3) is 32.8 Å². The highest BCUT2D eigenvalue weighted by molar-refractivity contribution is 6.10. The van der Waals surface area contributed by atoms with E-state index in [1.165, 1.54) is 27.3 Å². The van der Waals surface area contributed by atoms with Gasteiger partial charge >= 0.3 is 0 Å². The van der Waals surface area contributed by atoms with Crippen LogP contribution in [0.15, 0.2) is 72.9 Å². The molecule has 0 saturated heterocycles. The third-order valence-corrected chi connectivity index (χ3v) is 3.66. The monoisotopic (exact) mass is 254 g/mol. The summed E-state index contributed by atoms with van der Waals surface area (Å²) in [4.78, 5) is 4.59. The quantitative estimate of drug-likeness (QED) is 0.442. The average molecular weight is 254 g/mol. The molecule has 0 amide bonds. The third kappa shape index (κ3) is 1.68. The van der Waals surface area contributed by atoms with E-state index < -0.39 is 0 Å². The Labute approximate surface area is 117 Å². The molecular weight excluding hydrogens is 242 g/mol. The molecular formula is C19H12N. The fourth-order valence-electron chi connectivity index (χ4n) is 2.71. The van der Waals surface area contributed by atoms with Crippen LogP contribution in [0.1, 0.15) is 0 Å². The van der Waals surface area contributed by atoms with Crippen LogP contribution in [-0.4, -0.2) is 4.98 Å². The fraction of sp³-hybridized carbons (Fsp3) is 0. The highest BCUT2D eigenvalue weighted by Gasteiger charge is 2.06. The summed E-state index contributed by atoms with van der Waals surface area (Å²) in [6.45, 7) is 0. The molecule has 4 aromatic rings. The lowest BCUT2D eigenvalue weighted by Gasteiger charge is -2.08. The minimum absolute atomic E-state index is 1.04. The molecule has 93 valence electrons. The van der Waals surface area contributed by atoms with Crippen molar-refractivity contribution >= 4 is 21.7 Å². The summed E-state index contributed by atoms with van der Waals surface area (Å²) in [5.74, 6) is 0. The van der Waals surface area contributed by atoms with Crippen LogP contribution in [0.3, 0.4) is 0 Å². The van der Waals surface area contributed by atoms with Gasteiger partial charge in [-0.05, 0) is 28.6 Å². The van der Waals surface area contributed by atoms with Gasteiger partial charge in [0.15, 0.2) is 0 Å². The Kier molecular flexibility index (Phi) is 2.49. The molecule has 3 aromatic carbocycles. The van der Waals surface area contributed by atoms with E-state index in [-0.39, 0.29) is 0 Å². The molecule has 0 fully saturated rings. The number of rotatable bonds is 1. The van der Waals surface area contributed by atoms with E-state index in [0.29, 0.717) is 0 Å². The van der Waals surface area contributed by atoms with E-state index in [4.69, 9.17) is 0 Å². The second-order valence-corrected chi connectivity index (χ2v) is 4.83. The zero-order chi connectivity index (χ0) is 13.4. The zero-order valence-corrected chi connectivity index (χ0v) is 10.9. The molecule has 0 spiro atoms. The largest absolute Gasteiger partial charge is 0.256 e. The first-order valence-corrected chi connectivity index (χ1v) is 6.66. The molecule has 0 aliphatic carbocycles. The van der Waals surface area contributed by atoms with Gasteiger partial charge in [0.05, 0.1) is 5.52 Å². The average Bonchev–Trinajstić information content (AvgIpc) is 2.55. The van der Waals surface area contributed by atoms with Gasteiger partial charge < -0.3 is 0 Å². The number of fused-ring (bicyclic) bond motifs is 3. The third-order valence-electron chi connectivity index (χ3n) is 3.66. The standard InChI is InChI=1S/C19H12N/c1-2-7-14(8-3-1)15-10-6-11-16-17-9-4-5-12-19(17)20-13-18(15)16/h2-13H. The molecule has 1 radical (unpaired) electrons. The minimum Gasteiger partial charge on any atom is -0.256 e. The summed E-state index contributed by atoms with van der Waals surface area (Å²) in [6.07, 6.45) is 1.98. The molecule has 0 bridgehead atoms. The maximum Gasteiger partial charge on any atom is 0.0708 e. The molecule has 20 heavy (non-hydrogen) atoms. The zero-order valence-electron chi connectivity index (χ0n) is 10.9. The van der Waals surface area contributed by atoms with Crippen molar-refractivity contribution in [3.05, 3.63) is 79.0 Å². The normalized spacial score (nSPS) is 11.0. The van der Waals surface area contributed by atoms with E-state index in [1.54, 1.807) is 0 Å². The van der Waals surface area contributed by atoms with Crippen LogP contribution in [0.5, 0.6) is 0 Å². The van der Waals surface area contributed by atoms with Gasteiger partial charge in [-0.25, -0.2) is 0 Å². The molecule has 1 heteroatoms. The summed E-state index contributed by atoms with van der Waals surface area (Å²) >= 11 is 0. The summed E-state index contributed by atoms with van der Waals surface area (Å²) in [5, 5.41) is 3.65. The van der Waals surface area contributed by atoms with Crippen LogP contribution in [0.2, 0.25) is 0 Å². The van der Waals surface area contributed by atoms with Crippen LogP contribution in [-0.2, 0) is 0 Å². The smallest absolute Gasteiger partial charge is 0.0708 e. The molecule has 1 nitrogen and oxygen atoms in total. The van der Waals surface area contributed by atoms with E-state index in [0.717, 1.165) is 5.52 Å². The molecule has 0 N–H and O–H groups in total. The van der Waals surface area contributed by atoms with Gasteiger partial charge in [0.25, 0.3) is 0 Å². The van der Waals surface area contributed by atoms with E-state index in [2.05, 4.69) is 59.6 Å². The van der Waals surface area contributed by atoms with Crippen molar-refractivity contribution in [1.29, 1.82) is 0 Å². The Balaban J connectivity index is 2.12. The summed E-state index contributed by atoms with van der Waals surface area (Å²) in [7, 11) is 0. The Morgan fingerprint density at radius 1 is 0.700 bits per heavy atom. The van der Waals surface area contributed by atoms with Gasteiger partial charge in [-0.2, -0.15) is 0 Å². The molecule has 1 heterocycles. The molecule has 0 aliphatic rings. The fourth-order valence-corrected chi connectivity index (χ4v) is 2.71. The van der Waals surface area contributed by atoms with Gasteiger partial charge in [0.2, 0.25) is 0 Å². The van der Waals surface area contributed by atoms with Crippen molar-refractivity contribution in [3.8, 4) is 11.1 Å². The molecule has 0 saturated carbocycles. The number of para-hydroxylation sites is 1. The number of hydrogen-bond donors (Lipinski definition) is 0. The van der Waals surface area contributed by atoms with Gasteiger partial charge in [-0.3, -0.25) is 4.98 Å². The van der Waals surface area contributed by atoms with Crippen molar-refractivity contribution in [3.63, 3.8) is 0 Å². The maximum atomic E-state index is 4.59. The Morgan fingerprint density at radius 3 is 2.40 bits per heavy atom. The first-order valence-electron chi connectivity index (χ1n) is 6.66. The first kappa shape index (κ1) is 11.2. The number of hydrogen-bond acceptors (Lipinski definition) is 1. The molecule has 0 aliphatic heterocycles. The van der Waals surface area contributed by atoms with Gasteiger partial charge in [0, 0.05) is 17.0 Å². The lowest BCUT2D eigenvalue weighted by Crippen LogP contribution is -1.85. The van der Waals surface area contributed by atoms with Gasteiger partial charge in [-0.15, -0.1) is 0 Å². The molecule has 0 unspecified atom stereocenters.